The summed E-state index contributed by atoms with van der Waals surface area (Å²) < 4.78 is 5.65. The SMILES string of the molecule is COC1=CC=C2C3=CCC4CCCC[C@@H]4[C@H]3CC[C@]12C. The van der Waals surface area contributed by atoms with Crippen molar-refractivity contribution in [1.82, 2.24) is 0 Å². The lowest BCUT2D eigenvalue weighted by Gasteiger charge is -2.48. The molecule has 0 spiro atoms. The molecule has 0 aliphatic heterocycles. The molecule has 0 amide bonds. The fourth-order valence-electron chi connectivity index (χ4n) is 5.47. The van der Waals surface area contributed by atoms with E-state index in [0.29, 0.717) is 0 Å². The fraction of sp³-hybridized carbons (Fsp3) is 0.684. The van der Waals surface area contributed by atoms with Gasteiger partial charge in [0, 0.05) is 0 Å². The highest BCUT2D eigenvalue weighted by molar-refractivity contribution is 5.52. The average Bonchev–Trinajstić information content (AvgIpc) is 2.83. The monoisotopic (exact) mass is 270 g/mol. The lowest BCUT2D eigenvalue weighted by atomic mass is 9.56. The number of ether oxygens (including phenoxy) is 1. The van der Waals surface area contributed by atoms with Crippen LogP contribution in [0, 0.1) is 23.2 Å². The van der Waals surface area contributed by atoms with Crippen LogP contribution in [0.25, 0.3) is 0 Å². The minimum Gasteiger partial charge on any atom is -0.500 e. The van der Waals surface area contributed by atoms with Gasteiger partial charge >= 0.3 is 0 Å². The van der Waals surface area contributed by atoms with Crippen LogP contribution in [-0.4, -0.2) is 7.11 Å². The molecule has 20 heavy (non-hydrogen) atoms. The van der Waals surface area contributed by atoms with Crippen LogP contribution in [0.3, 0.4) is 0 Å². The van der Waals surface area contributed by atoms with Gasteiger partial charge in [0.25, 0.3) is 0 Å². The Labute approximate surface area is 122 Å². The van der Waals surface area contributed by atoms with Gasteiger partial charge in [0.2, 0.25) is 0 Å². The zero-order chi connectivity index (χ0) is 13.7. The summed E-state index contributed by atoms with van der Waals surface area (Å²) in [6.07, 6.45) is 17.0. The quantitative estimate of drug-likeness (QED) is 0.651. The first-order valence-corrected chi connectivity index (χ1v) is 8.41. The van der Waals surface area contributed by atoms with E-state index in [1.54, 1.807) is 11.1 Å². The van der Waals surface area contributed by atoms with Crippen LogP contribution in [0.15, 0.2) is 35.1 Å². The number of hydrogen-bond acceptors (Lipinski definition) is 1. The summed E-state index contributed by atoms with van der Waals surface area (Å²) in [5.41, 5.74) is 3.43. The van der Waals surface area contributed by atoms with E-state index in [1.807, 2.05) is 7.11 Å². The van der Waals surface area contributed by atoms with Gasteiger partial charge in [0.05, 0.1) is 12.5 Å². The van der Waals surface area contributed by atoms with Crippen molar-refractivity contribution in [3.63, 3.8) is 0 Å². The highest BCUT2D eigenvalue weighted by atomic mass is 16.5. The summed E-state index contributed by atoms with van der Waals surface area (Å²) >= 11 is 0. The third kappa shape index (κ3) is 1.61. The average molecular weight is 270 g/mol. The van der Waals surface area contributed by atoms with E-state index >= 15 is 0 Å². The standard InChI is InChI=1S/C19H26O/c1-19-12-11-15-14-6-4-3-5-13(14)7-8-16(15)17(19)9-10-18(19)20-2/h8-10,13-15H,3-7,11-12H2,1-2H3/t13?,14-,15+,19-/m0/s1. The Morgan fingerprint density at radius 1 is 1.15 bits per heavy atom. The topological polar surface area (TPSA) is 9.23 Å². The Balaban J connectivity index is 1.68. The van der Waals surface area contributed by atoms with E-state index in [4.69, 9.17) is 4.74 Å². The Kier molecular flexibility index (Phi) is 2.87. The van der Waals surface area contributed by atoms with E-state index in [0.717, 1.165) is 17.8 Å². The van der Waals surface area contributed by atoms with Crippen LogP contribution in [0.5, 0.6) is 0 Å². The zero-order valence-corrected chi connectivity index (χ0v) is 12.8. The predicted molar refractivity (Wildman–Crippen MR) is 82.2 cm³/mol. The van der Waals surface area contributed by atoms with Crippen molar-refractivity contribution in [2.24, 2.45) is 23.2 Å². The van der Waals surface area contributed by atoms with Crippen molar-refractivity contribution in [2.45, 2.75) is 51.9 Å². The molecule has 108 valence electrons. The van der Waals surface area contributed by atoms with E-state index in [9.17, 15) is 0 Å². The largest absolute Gasteiger partial charge is 0.500 e. The first-order valence-electron chi connectivity index (χ1n) is 8.41. The molecule has 0 radical (unpaired) electrons. The highest BCUT2D eigenvalue weighted by Gasteiger charge is 2.48. The van der Waals surface area contributed by atoms with Gasteiger partial charge in [-0.15, -0.1) is 0 Å². The molecule has 0 aromatic rings. The van der Waals surface area contributed by atoms with Gasteiger partial charge in [-0.25, -0.2) is 0 Å². The van der Waals surface area contributed by atoms with E-state index < -0.39 is 0 Å². The lowest BCUT2D eigenvalue weighted by molar-refractivity contribution is 0.124. The molecule has 0 heterocycles. The molecule has 0 aromatic carbocycles. The molecule has 1 heteroatoms. The number of rotatable bonds is 1. The predicted octanol–water partition coefficient (Wildman–Crippen LogP) is 5.01. The fourth-order valence-corrected chi connectivity index (χ4v) is 5.47. The zero-order valence-electron chi connectivity index (χ0n) is 12.8. The second-order valence-electron chi connectivity index (χ2n) is 7.40. The van der Waals surface area contributed by atoms with Crippen LogP contribution in [0.4, 0.5) is 0 Å². The van der Waals surface area contributed by atoms with Gasteiger partial charge in [-0.1, -0.05) is 25.0 Å². The molecule has 1 nitrogen and oxygen atoms in total. The van der Waals surface area contributed by atoms with Crippen LogP contribution >= 0.6 is 0 Å². The minimum absolute atomic E-state index is 0.165. The molecule has 0 saturated heterocycles. The maximum absolute atomic E-state index is 5.65. The van der Waals surface area contributed by atoms with E-state index in [-0.39, 0.29) is 5.41 Å². The van der Waals surface area contributed by atoms with Crippen molar-refractivity contribution in [2.75, 3.05) is 7.11 Å². The molecule has 4 aliphatic carbocycles. The lowest BCUT2D eigenvalue weighted by Crippen LogP contribution is -2.38. The number of methoxy groups -OCH3 is 1. The van der Waals surface area contributed by atoms with Crippen LogP contribution in [-0.2, 0) is 4.74 Å². The summed E-state index contributed by atoms with van der Waals surface area (Å²) in [6, 6.07) is 0. The van der Waals surface area contributed by atoms with E-state index in [1.165, 1.54) is 50.7 Å². The Hall–Kier alpha value is -0.980. The first kappa shape index (κ1) is 12.7. The highest BCUT2D eigenvalue weighted by Crippen LogP contribution is 2.58. The van der Waals surface area contributed by atoms with Gasteiger partial charge in [0.15, 0.2) is 0 Å². The molecule has 0 aromatic heterocycles. The maximum Gasteiger partial charge on any atom is 0.106 e. The van der Waals surface area contributed by atoms with Crippen LogP contribution in [0.2, 0.25) is 0 Å². The molecule has 4 rings (SSSR count). The summed E-state index contributed by atoms with van der Waals surface area (Å²) in [4.78, 5) is 0. The van der Waals surface area contributed by atoms with Gasteiger partial charge in [-0.2, -0.15) is 0 Å². The molecule has 2 saturated carbocycles. The molecule has 1 unspecified atom stereocenters. The maximum atomic E-state index is 5.65. The minimum atomic E-state index is 0.165. The van der Waals surface area contributed by atoms with Gasteiger partial charge in [-0.3, -0.25) is 0 Å². The summed E-state index contributed by atoms with van der Waals surface area (Å²) in [6.45, 7) is 2.38. The summed E-state index contributed by atoms with van der Waals surface area (Å²) in [5.74, 6) is 3.98. The molecular weight excluding hydrogens is 244 g/mol. The number of fused-ring (bicyclic) bond motifs is 5. The molecule has 2 fully saturated rings. The number of allylic oxidation sites excluding steroid dienone is 5. The summed E-state index contributed by atoms with van der Waals surface area (Å²) in [5, 5.41) is 0. The summed E-state index contributed by atoms with van der Waals surface area (Å²) in [7, 11) is 1.83. The van der Waals surface area contributed by atoms with Crippen molar-refractivity contribution < 1.29 is 4.74 Å². The molecule has 4 atom stereocenters. The van der Waals surface area contributed by atoms with Crippen molar-refractivity contribution in [1.29, 1.82) is 0 Å². The van der Waals surface area contributed by atoms with Gasteiger partial charge in [-0.05, 0) is 74.0 Å². The Morgan fingerprint density at radius 3 is 2.85 bits per heavy atom. The van der Waals surface area contributed by atoms with Crippen LogP contribution in [0.1, 0.15) is 51.9 Å². The Bertz CT molecular complexity index is 510. The van der Waals surface area contributed by atoms with E-state index in [2.05, 4.69) is 25.2 Å². The number of hydrogen-bond donors (Lipinski definition) is 0. The van der Waals surface area contributed by atoms with Gasteiger partial charge in [0.1, 0.15) is 5.76 Å². The van der Waals surface area contributed by atoms with Crippen molar-refractivity contribution >= 4 is 0 Å². The van der Waals surface area contributed by atoms with Crippen LogP contribution < -0.4 is 0 Å². The molecule has 0 N–H and O–H groups in total. The Morgan fingerprint density at radius 2 is 2.00 bits per heavy atom. The third-order valence-corrected chi connectivity index (χ3v) is 6.55. The normalized spacial score (nSPS) is 42.7. The molecule has 0 bridgehead atoms. The second kappa shape index (κ2) is 4.51. The van der Waals surface area contributed by atoms with Gasteiger partial charge < -0.3 is 4.74 Å². The van der Waals surface area contributed by atoms with Crippen molar-refractivity contribution in [3.8, 4) is 0 Å². The second-order valence-corrected chi connectivity index (χ2v) is 7.40. The first-order chi connectivity index (χ1) is 9.74. The molecular formula is C19H26O. The third-order valence-electron chi connectivity index (χ3n) is 6.55. The molecule has 4 aliphatic rings. The van der Waals surface area contributed by atoms with Crippen molar-refractivity contribution in [3.05, 3.63) is 35.1 Å². The smallest absolute Gasteiger partial charge is 0.106 e.